The summed E-state index contributed by atoms with van der Waals surface area (Å²) in [7, 11) is 0. The molecule has 6 nitrogen and oxygen atoms in total. The van der Waals surface area contributed by atoms with Gasteiger partial charge in [0.25, 0.3) is 0 Å². The maximum atomic E-state index is 12.6. The Kier molecular flexibility index (Phi) is 5.58. The number of halogens is 2. The second-order valence-corrected chi connectivity index (χ2v) is 7.14. The van der Waals surface area contributed by atoms with Crippen molar-refractivity contribution >= 4 is 35.1 Å². The van der Waals surface area contributed by atoms with E-state index in [-0.39, 0.29) is 28.7 Å². The highest BCUT2D eigenvalue weighted by Gasteiger charge is 2.25. The van der Waals surface area contributed by atoms with E-state index in [2.05, 4.69) is 0 Å². The Labute approximate surface area is 165 Å². The molecular weight excluding hydrogens is 391 g/mol. The summed E-state index contributed by atoms with van der Waals surface area (Å²) in [6, 6.07) is 6.04. The van der Waals surface area contributed by atoms with Crippen LogP contribution in [0.5, 0.6) is 0 Å². The first kappa shape index (κ1) is 19.5. The lowest BCUT2D eigenvalue weighted by Crippen LogP contribution is -2.29. The first-order chi connectivity index (χ1) is 12.8. The second-order valence-electron chi connectivity index (χ2n) is 6.32. The molecule has 1 aromatic heterocycles. The molecule has 0 spiro atoms. The first-order valence-electron chi connectivity index (χ1n) is 8.56. The first-order valence-corrected chi connectivity index (χ1v) is 9.32. The summed E-state index contributed by atoms with van der Waals surface area (Å²) >= 11 is 12.1. The number of aromatic carboxylic acids is 1. The van der Waals surface area contributed by atoms with Crippen molar-refractivity contribution in [2.45, 2.75) is 32.9 Å². The molecule has 2 aromatic rings. The van der Waals surface area contributed by atoms with E-state index in [1.165, 1.54) is 6.07 Å². The third kappa shape index (κ3) is 3.73. The van der Waals surface area contributed by atoms with Gasteiger partial charge in [-0.1, -0.05) is 29.3 Å². The van der Waals surface area contributed by atoms with Crippen molar-refractivity contribution in [1.82, 2.24) is 9.47 Å². The van der Waals surface area contributed by atoms with Gasteiger partial charge in [-0.25, -0.2) is 4.79 Å². The van der Waals surface area contributed by atoms with Crippen LogP contribution >= 0.6 is 23.2 Å². The average molecular weight is 409 g/mol. The smallest absolute Gasteiger partial charge is 0.341 e. The number of hydrogen-bond donors (Lipinski definition) is 1. The Bertz CT molecular complexity index is 984. The number of likely N-dealkylation sites (tertiary alicyclic amines) is 1. The fraction of sp³-hybridized carbons (Fsp3) is 0.316. The van der Waals surface area contributed by atoms with E-state index >= 15 is 0 Å². The molecule has 1 aromatic carbocycles. The van der Waals surface area contributed by atoms with E-state index in [9.17, 15) is 19.5 Å². The highest BCUT2D eigenvalue weighted by Crippen LogP contribution is 2.31. The topological polar surface area (TPSA) is 79.6 Å². The normalized spacial score (nSPS) is 14.0. The number of aromatic nitrogens is 1. The molecule has 1 aliphatic heterocycles. The average Bonchev–Trinajstić information content (AvgIpc) is 3.01. The molecule has 1 amide bonds. The monoisotopic (exact) mass is 408 g/mol. The second kappa shape index (κ2) is 7.74. The third-order valence-corrected chi connectivity index (χ3v) is 5.38. The van der Waals surface area contributed by atoms with Crippen molar-refractivity contribution in [2.75, 3.05) is 6.54 Å². The summed E-state index contributed by atoms with van der Waals surface area (Å²) in [5.41, 5.74) is 0.401. The third-order valence-electron chi connectivity index (χ3n) is 4.64. The Balaban J connectivity index is 2.24. The summed E-state index contributed by atoms with van der Waals surface area (Å²) in [6.45, 7) is 3.16. The van der Waals surface area contributed by atoms with Crippen LogP contribution in [-0.2, 0) is 17.9 Å². The summed E-state index contributed by atoms with van der Waals surface area (Å²) in [5.74, 6) is -1.28. The lowest BCUT2D eigenvalue weighted by molar-refractivity contribution is -0.128. The van der Waals surface area contributed by atoms with E-state index in [1.807, 2.05) is 6.92 Å². The van der Waals surface area contributed by atoms with E-state index in [1.54, 1.807) is 27.7 Å². The van der Waals surface area contributed by atoms with Crippen molar-refractivity contribution < 1.29 is 14.7 Å². The van der Waals surface area contributed by atoms with Gasteiger partial charge in [-0.05, 0) is 25.5 Å². The van der Waals surface area contributed by atoms with Crippen molar-refractivity contribution in [3.63, 3.8) is 0 Å². The number of carbonyl (C=O) groups excluding carboxylic acids is 1. The van der Waals surface area contributed by atoms with Crippen LogP contribution in [-0.4, -0.2) is 33.0 Å². The predicted octanol–water partition coefficient (Wildman–Crippen LogP) is 3.66. The van der Waals surface area contributed by atoms with Crippen LogP contribution in [0.3, 0.4) is 0 Å². The molecule has 1 fully saturated rings. The van der Waals surface area contributed by atoms with E-state index in [0.717, 1.165) is 6.42 Å². The van der Waals surface area contributed by atoms with Crippen LogP contribution in [0.4, 0.5) is 0 Å². The van der Waals surface area contributed by atoms with Crippen LogP contribution < -0.4 is 5.43 Å². The molecule has 0 atom stereocenters. The summed E-state index contributed by atoms with van der Waals surface area (Å²) in [5, 5.41) is 10.2. The Hall–Kier alpha value is -2.31. The van der Waals surface area contributed by atoms with Crippen molar-refractivity contribution in [1.29, 1.82) is 0 Å². The molecule has 1 N–H and O–H groups in total. The van der Waals surface area contributed by atoms with Gasteiger partial charge in [0.15, 0.2) is 5.43 Å². The van der Waals surface area contributed by atoms with Gasteiger partial charge in [-0.3, -0.25) is 9.59 Å². The predicted molar refractivity (Wildman–Crippen MR) is 103 cm³/mol. The quantitative estimate of drug-likeness (QED) is 0.818. The molecule has 2 heterocycles. The van der Waals surface area contributed by atoms with E-state index < -0.39 is 11.4 Å². The molecule has 0 radical (unpaired) electrons. The molecule has 27 heavy (non-hydrogen) atoms. The summed E-state index contributed by atoms with van der Waals surface area (Å²) < 4.78 is 1.75. The fourth-order valence-corrected chi connectivity index (χ4v) is 3.70. The highest BCUT2D eigenvalue weighted by atomic mass is 35.5. The highest BCUT2D eigenvalue weighted by molar-refractivity contribution is 6.42. The molecule has 1 aliphatic rings. The van der Waals surface area contributed by atoms with E-state index in [0.29, 0.717) is 35.8 Å². The van der Waals surface area contributed by atoms with Crippen LogP contribution in [0, 0.1) is 0 Å². The fourth-order valence-electron chi connectivity index (χ4n) is 3.41. The number of carboxylic acids is 1. The lowest BCUT2D eigenvalue weighted by Gasteiger charge is -2.23. The number of hydrogen-bond acceptors (Lipinski definition) is 3. The number of pyridine rings is 1. The Morgan fingerprint density at radius 2 is 1.93 bits per heavy atom. The number of amides is 1. The molecular formula is C19H18Cl2N2O4. The largest absolute Gasteiger partial charge is 0.477 e. The standard InChI is InChI=1S/C19H18Cl2N2O4/c1-2-23-12(10-22-7-3-4-16(22)25)9-15(24)17(19(26)27)18(23)11-5-6-13(20)14(21)8-11/h5-6,8-9H,2-4,7,10H2,1H3,(H,26,27). The zero-order valence-electron chi connectivity index (χ0n) is 14.7. The molecule has 142 valence electrons. The Morgan fingerprint density at radius 3 is 2.48 bits per heavy atom. The minimum Gasteiger partial charge on any atom is -0.477 e. The zero-order valence-corrected chi connectivity index (χ0v) is 16.2. The minimum absolute atomic E-state index is 0.0310. The van der Waals surface area contributed by atoms with Crippen LogP contribution in [0.15, 0.2) is 29.1 Å². The van der Waals surface area contributed by atoms with Crippen molar-refractivity contribution in [2.24, 2.45) is 0 Å². The Morgan fingerprint density at radius 1 is 1.19 bits per heavy atom. The lowest BCUT2D eigenvalue weighted by atomic mass is 10.0. The van der Waals surface area contributed by atoms with Gasteiger partial charge in [-0.15, -0.1) is 0 Å². The maximum absolute atomic E-state index is 12.6. The van der Waals surface area contributed by atoms with Crippen molar-refractivity contribution in [3.05, 3.63) is 55.8 Å². The van der Waals surface area contributed by atoms with Crippen LogP contribution in [0.1, 0.15) is 35.8 Å². The molecule has 0 aliphatic carbocycles. The molecule has 0 saturated carbocycles. The van der Waals surface area contributed by atoms with Gasteiger partial charge in [0.2, 0.25) is 5.91 Å². The zero-order chi connectivity index (χ0) is 19.7. The van der Waals surface area contributed by atoms with Crippen LogP contribution in [0.25, 0.3) is 11.3 Å². The van der Waals surface area contributed by atoms with Gasteiger partial charge >= 0.3 is 5.97 Å². The number of rotatable bonds is 5. The van der Waals surface area contributed by atoms with Crippen molar-refractivity contribution in [3.8, 4) is 11.3 Å². The molecule has 1 saturated heterocycles. The van der Waals surface area contributed by atoms with E-state index in [4.69, 9.17) is 23.2 Å². The number of carboxylic acid groups (broad SMARTS) is 1. The SMILES string of the molecule is CCn1c(CN2CCCC2=O)cc(=O)c(C(=O)O)c1-c1ccc(Cl)c(Cl)c1. The van der Waals surface area contributed by atoms with Gasteiger partial charge in [-0.2, -0.15) is 0 Å². The number of benzene rings is 1. The molecule has 8 heteroatoms. The number of carbonyl (C=O) groups is 2. The molecule has 0 bridgehead atoms. The van der Waals surface area contributed by atoms with Gasteiger partial charge < -0.3 is 14.6 Å². The van der Waals surface area contributed by atoms with Gasteiger partial charge in [0, 0.05) is 36.8 Å². The number of nitrogens with zero attached hydrogens (tertiary/aromatic N) is 2. The van der Waals surface area contributed by atoms with Crippen LogP contribution in [0.2, 0.25) is 10.0 Å². The molecule has 3 rings (SSSR count). The summed E-state index contributed by atoms with van der Waals surface area (Å²) in [4.78, 5) is 38.1. The van der Waals surface area contributed by atoms with Gasteiger partial charge in [0.1, 0.15) is 5.56 Å². The minimum atomic E-state index is -1.31. The molecule has 0 unspecified atom stereocenters. The van der Waals surface area contributed by atoms with Gasteiger partial charge in [0.05, 0.1) is 22.3 Å². The summed E-state index contributed by atoms with van der Waals surface area (Å²) in [6.07, 6.45) is 1.27. The maximum Gasteiger partial charge on any atom is 0.341 e.